The van der Waals surface area contributed by atoms with Gasteiger partial charge < -0.3 is 15.8 Å². The van der Waals surface area contributed by atoms with E-state index in [9.17, 15) is 13.2 Å². The monoisotopic (exact) mass is 301 g/mol. The molecular weight excluding hydrogens is 282 g/mol. The Morgan fingerprint density at radius 2 is 2.10 bits per heavy atom. The Hall–Kier alpha value is -1.80. The third-order valence-corrected chi connectivity index (χ3v) is 4.70. The van der Waals surface area contributed by atoms with E-state index in [2.05, 4.69) is 5.32 Å². The van der Waals surface area contributed by atoms with Crippen LogP contribution in [0.4, 0.5) is 5.69 Å². The third-order valence-electron chi connectivity index (χ3n) is 2.81. The summed E-state index contributed by atoms with van der Waals surface area (Å²) in [4.78, 5) is 11.2. The molecule has 112 valence electrons. The van der Waals surface area contributed by atoms with Gasteiger partial charge in [-0.1, -0.05) is 0 Å². The van der Waals surface area contributed by atoms with E-state index in [1.165, 1.54) is 39.4 Å². The van der Waals surface area contributed by atoms with Crippen LogP contribution in [0.25, 0.3) is 0 Å². The Labute approximate surface area is 118 Å². The number of benzene rings is 1. The van der Waals surface area contributed by atoms with Gasteiger partial charge in [-0.15, -0.1) is 0 Å². The molecule has 8 heteroatoms. The van der Waals surface area contributed by atoms with Crippen LogP contribution >= 0.6 is 0 Å². The molecule has 1 amide bonds. The van der Waals surface area contributed by atoms with Crippen LogP contribution in [0, 0.1) is 0 Å². The maximum absolute atomic E-state index is 12.4. The Morgan fingerprint density at radius 3 is 2.65 bits per heavy atom. The molecule has 1 aromatic rings. The molecule has 3 N–H and O–H groups in total. The second-order valence-electron chi connectivity index (χ2n) is 4.16. The summed E-state index contributed by atoms with van der Waals surface area (Å²) in [6.45, 7) is 0.0789. The summed E-state index contributed by atoms with van der Waals surface area (Å²) < 4.78 is 30.9. The smallest absolute Gasteiger partial charge is 0.246 e. The minimum Gasteiger partial charge on any atom is -0.495 e. The van der Waals surface area contributed by atoms with E-state index < -0.39 is 10.0 Å². The van der Waals surface area contributed by atoms with Gasteiger partial charge in [0, 0.05) is 38.8 Å². The summed E-state index contributed by atoms with van der Waals surface area (Å²) >= 11 is 0. The number of sulfonamides is 1. The van der Waals surface area contributed by atoms with Crippen molar-refractivity contribution in [3.63, 3.8) is 0 Å². The first-order valence-electron chi connectivity index (χ1n) is 5.93. The number of hydrogen-bond acceptors (Lipinski definition) is 5. The van der Waals surface area contributed by atoms with Crippen molar-refractivity contribution in [1.82, 2.24) is 9.62 Å². The zero-order chi connectivity index (χ0) is 15.3. The summed E-state index contributed by atoms with van der Waals surface area (Å²) in [5, 5.41) is 2.44. The number of ether oxygens (including phenoxy) is 1. The van der Waals surface area contributed by atoms with Crippen molar-refractivity contribution < 1.29 is 17.9 Å². The van der Waals surface area contributed by atoms with Crippen LogP contribution in [0.2, 0.25) is 0 Å². The number of hydrogen-bond donors (Lipinski definition) is 2. The zero-order valence-corrected chi connectivity index (χ0v) is 12.5. The normalized spacial score (nSPS) is 11.4. The van der Waals surface area contributed by atoms with Crippen molar-refractivity contribution in [3.8, 4) is 5.75 Å². The highest BCUT2D eigenvalue weighted by Crippen LogP contribution is 2.28. The molecule has 0 atom stereocenters. The molecule has 0 fully saturated rings. The van der Waals surface area contributed by atoms with Gasteiger partial charge in [0.1, 0.15) is 10.6 Å². The maximum atomic E-state index is 12.4. The third kappa shape index (κ3) is 3.61. The van der Waals surface area contributed by atoms with Crippen LogP contribution in [0.5, 0.6) is 5.75 Å². The van der Waals surface area contributed by atoms with Crippen LogP contribution in [-0.2, 0) is 14.8 Å². The van der Waals surface area contributed by atoms with Crippen molar-refractivity contribution in [2.45, 2.75) is 11.3 Å². The van der Waals surface area contributed by atoms with E-state index in [4.69, 9.17) is 10.5 Å². The number of carbonyl (C=O) groups excluding carboxylic acids is 1. The van der Waals surface area contributed by atoms with E-state index in [0.717, 1.165) is 4.31 Å². The SMILES string of the molecule is CNC(=O)CCN(C)S(=O)(=O)c1ccc(N)cc1OC. The van der Waals surface area contributed by atoms with Crippen molar-refractivity contribution in [1.29, 1.82) is 0 Å². The Kier molecular flexibility index (Phi) is 5.34. The van der Waals surface area contributed by atoms with Gasteiger partial charge in [0.15, 0.2) is 0 Å². The molecule has 0 spiro atoms. The average molecular weight is 301 g/mol. The van der Waals surface area contributed by atoms with Crippen molar-refractivity contribution in [2.75, 3.05) is 33.5 Å². The van der Waals surface area contributed by atoms with Crippen LogP contribution < -0.4 is 15.8 Å². The molecule has 0 aliphatic heterocycles. The average Bonchev–Trinajstić information content (AvgIpc) is 2.43. The highest BCUT2D eigenvalue weighted by atomic mass is 32.2. The molecular formula is C12H19N3O4S. The number of methoxy groups -OCH3 is 1. The fraction of sp³-hybridized carbons (Fsp3) is 0.417. The van der Waals surface area contributed by atoms with Gasteiger partial charge in [0.2, 0.25) is 15.9 Å². The van der Waals surface area contributed by atoms with Gasteiger partial charge in [0.05, 0.1) is 7.11 Å². The van der Waals surface area contributed by atoms with E-state index in [1.807, 2.05) is 0 Å². The molecule has 0 aromatic heterocycles. The number of anilines is 1. The molecule has 1 rings (SSSR count). The highest BCUT2D eigenvalue weighted by molar-refractivity contribution is 7.89. The second-order valence-corrected chi connectivity index (χ2v) is 6.17. The molecule has 0 aliphatic carbocycles. The molecule has 0 saturated heterocycles. The number of nitrogens with zero attached hydrogens (tertiary/aromatic N) is 1. The van der Waals surface area contributed by atoms with Gasteiger partial charge in [-0.2, -0.15) is 0 Å². The van der Waals surface area contributed by atoms with Gasteiger partial charge in [-0.3, -0.25) is 4.79 Å². The van der Waals surface area contributed by atoms with E-state index >= 15 is 0 Å². The van der Waals surface area contributed by atoms with E-state index in [0.29, 0.717) is 5.69 Å². The second kappa shape index (κ2) is 6.58. The quantitative estimate of drug-likeness (QED) is 0.722. The first-order chi connectivity index (χ1) is 9.32. The Morgan fingerprint density at radius 1 is 1.45 bits per heavy atom. The molecule has 0 bridgehead atoms. The lowest BCUT2D eigenvalue weighted by molar-refractivity contribution is -0.120. The van der Waals surface area contributed by atoms with Crippen LogP contribution in [0.15, 0.2) is 23.1 Å². The van der Waals surface area contributed by atoms with E-state index in [1.54, 1.807) is 0 Å². The first-order valence-corrected chi connectivity index (χ1v) is 7.37. The van der Waals surface area contributed by atoms with Crippen molar-refractivity contribution in [2.24, 2.45) is 0 Å². The predicted molar refractivity (Wildman–Crippen MR) is 75.9 cm³/mol. The van der Waals surface area contributed by atoms with Crippen LogP contribution in [0.1, 0.15) is 6.42 Å². The van der Waals surface area contributed by atoms with Gasteiger partial charge in [0.25, 0.3) is 0 Å². The molecule has 7 nitrogen and oxygen atoms in total. The number of rotatable bonds is 6. The topological polar surface area (TPSA) is 102 Å². The molecule has 20 heavy (non-hydrogen) atoms. The lowest BCUT2D eigenvalue weighted by Crippen LogP contribution is -2.31. The fourth-order valence-electron chi connectivity index (χ4n) is 1.57. The molecule has 0 unspecified atom stereocenters. The van der Waals surface area contributed by atoms with Crippen molar-refractivity contribution in [3.05, 3.63) is 18.2 Å². The minimum atomic E-state index is -3.73. The maximum Gasteiger partial charge on any atom is 0.246 e. The van der Waals surface area contributed by atoms with Gasteiger partial charge in [-0.25, -0.2) is 12.7 Å². The number of carbonyl (C=O) groups is 1. The number of nitrogens with two attached hydrogens (primary N) is 1. The summed E-state index contributed by atoms with van der Waals surface area (Å²) in [5.41, 5.74) is 6.01. The largest absolute Gasteiger partial charge is 0.495 e. The van der Waals surface area contributed by atoms with Crippen LogP contribution in [-0.4, -0.2) is 46.4 Å². The van der Waals surface area contributed by atoms with E-state index in [-0.39, 0.29) is 29.5 Å². The summed E-state index contributed by atoms with van der Waals surface area (Å²) in [6.07, 6.45) is 0.0868. The lowest BCUT2D eigenvalue weighted by Gasteiger charge is -2.18. The zero-order valence-electron chi connectivity index (χ0n) is 11.7. The minimum absolute atomic E-state index is 0.0219. The number of nitrogen functional groups attached to an aromatic ring is 1. The van der Waals surface area contributed by atoms with Crippen molar-refractivity contribution >= 4 is 21.6 Å². The highest BCUT2D eigenvalue weighted by Gasteiger charge is 2.25. The molecule has 0 saturated carbocycles. The molecule has 0 heterocycles. The summed E-state index contributed by atoms with van der Waals surface area (Å²) in [7, 11) is 0.554. The van der Waals surface area contributed by atoms with Gasteiger partial charge in [-0.05, 0) is 12.1 Å². The first kappa shape index (κ1) is 16.3. The summed E-state index contributed by atoms with van der Waals surface area (Å²) in [6, 6.07) is 4.32. The Bertz CT molecular complexity index is 586. The van der Waals surface area contributed by atoms with Gasteiger partial charge >= 0.3 is 0 Å². The molecule has 1 aromatic carbocycles. The fourth-order valence-corrected chi connectivity index (χ4v) is 2.87. The van der Waals surface area contributed by atoms with Crippen LogP contribution in [0.3, 0.4) is 0 Å². The molecule has 0 radical (unpaired) electrons. The summed E-state index contributed by atoms with van der Waals surface area (Å²) in [5.74, 6) is -0.0480. The number of amides is 1. The lowest BCUT2D eigenvalue weighted by atomic mass is 10.3. The Balaban J connectivity index is 3.01. The number of nitrogens with one attached hydrogen (secondary N) is 1. The standard InChI is InChI=1S/C12H19N3O4S/c1-14-12(16)6-7-15(2)20(17,18)11-5-4-9(13)8-10(11)19-3/h4-5,8H,6-7,13H2,1-3H3,(H,14,16). The molecule has 0 aliphatic rings. The predicted octanol–water partition coefficient (Wildman–Crippen LogP) is 0.0340.